The SMILES string of the molecule is CCC(=O)[C@@H]1C[C@]23COC/C=C\CCNCc4cc(C(C)C)cc5c(C(C)=O)nn(c45)CC(=O)N1[C@@H]2C3.CCC(=O)[C@@H]1C[C@]23COC/C=C\CCNCc4cc(C)cc5c(C(C)=O)nn(c45)CC(=O)N1[C@@H]2C3.CCC(=O)[C@@H]1C[C@]23COC/C=C\CCNCc4cc(CCC(C)C)cc5c(C(C)=O)nn(c45)CC(=O)N1[C@@H]2C3.CCC(=O)[C@@H]1C[C@]23COC/C=C\CCNCc4cc(OC(C)C)cc5c(C(C)=O)nn(c45)CC(=O)N1[C@@H]2C3. The minimum atomic E-state index is -0.439. The third-order valence-corrected chi connectivity index (χ3v) is 32.4. The second-order valence-corrected chi connectivity index (χ2v) is 44.5. The van der Waals surface area contributed by atoms with Crippen LogP contribution < -0.4 is 26.0 Å². The maximum absolute atomic E-state index is 13.9. The summed E-state index contributed by atoms with van der Waals surface area (Å²) < 4.78 is 36.7. The van der Waals surface area contributed by atoms with Crippen LogP contribution in [0, 0.1) is 34.5 Å². The first-order valence-corrected chi connectivity index (χ1v) is 54.5. The van der Waals surface area contributed by atoms with Crippen LogP contribution in [0.25, 0.3) is 43.6 Å². The van der Waals surface area contributed by atoms with Crippen LogP contribution >= 0.6 is 0 Å². The van der Waals surface area contributed by atoms with Crippen molar-refractivity contribution in [3.05, 3.63) is 159 Å². The number of carbonyl (C=O) groups is 12. The van der Waals surface area contributed by atoms with Crippen molar-refractivity contribution in [2.45, 2.75) is 332 Å². The highest BCUT2D eigenvalue weighted by molar-refractivity contribution is 6.10. The molecule has 33 nitrogen and oxygen atoms in total. The third kappa shape index (κ3) is 23.3. The molecule has 12 atom stereocenters. The zero-order valence-corrected chi connectivity index (χ0v) is 89.8. The van der Waals surface area contributed by atoms with Gasteiger partial charge in [0.2, 0.25) is 23.6 Å². The predicted octanol–water partition coefficient (Wildman–Crippen LogP) is 14.4. The van der Waals surface area contributed by atoms with Gasteiger partial charge >= 0.3 is 0 Å². The fourth-order valence-corrected chi connectivity index (χ4v) is 24.5. The molecule has 0 spiro atoms. The number of aromatic nitrogens is 8. The largest absolute Gasteiger partial charge is 0.491 e. The highest BCUT2D eigenvalue weighted by Gasteiger charge is 2.70. The van der Waals surface area contributed by atoms with Gasteiger partial charge < -0.3 is 64.6 Å². The summed E-state index contributed by atoms with van der Waals surface area (Å²) in [6.45, 7) is 37.9. The lowest BCUT2D eigenvalue weighted by Crippen LogP contribution is -2.44. The normalized spacial score (nSPS) is 27.1. The first kappa shape index (κ1) is 109. The molecular weight excluding hydrogens is 1890 g/mol. The molecule has 8 fully saturated rings. The van der Waals surface area contributed by atoms with Crippen LogP contribution in [0.2, 0.25) is 0 Å². The van der Waals surface area contributed by atoms with Gasteiger partial charge in [0.05, 0.1) is 105 Å². The van der Waals surface area contributed by atoms with E-state index in [0.717, 1.165) is 162 Å². The molecule has 4 aromatic heterocycles. The summed E-state index contributed by atoms with van der Waals surface area (Å²) in [5.74, 6) is 0.838. The van der Waals surface area contributed by atoms with Crippen LogP contribution in [0.1, 0.15) is 293 Å². The van der Waals surface area contributed by atoms with Crippen LogP contribution in [-0.2, 0) is 116 Å². The van der Waals surface area contributed by atoms with Gasteiger partial charge in [0.15, 0.2) is 46.3 Å². The summed E-state index contributed by atoms with van der Waals surface area (Å²) in [7, 11) is 0. The number of rotatable bonds is 18. The minimum Gasteiger partial charge on any atom is -0.491 e. The molecule has 0 radical (unpaired) electrons. The van der Waals surface area contributed by atoms with Gasteiger partial charge in [-0.05, 0) is 218 Å². The maximum atomic E-state index is 13.9. The molecule has 4 aromatic carbocycles. The van der Waals surface area contributed by atoms with Crippen LogP contribution in [0.5, 0.6) is 5.75 Å². The van der Waals surface area contributed by atoms with E-state index in [0.29, 0.717) is 170 Å². The highest BCUT2D eigenvalue weighted by Crippen LogP contribution is 2.64. The molecule has 8 aliphatic heterocycles. The Morgan fingerprint density at radius 2 is 0.671 bits per heavy atom. The molecule has 20 rings (SSSR count). The molecule has 4 saturated carbocycles. The smallest absolute Gasteiger partial charge is 0.245 e. The molecule has 33 heteroatoms. The molecule has 8 aromatic rings. The summed E-state index contributed by atoms with van der Waals surface area (Å²) in [5, 5.41) is 35.6. The number of carbonyl (C=O) groups excluding carboxylic acids is 12. The molecule has 4 N–H and O–H groups in total. The van der Waals surface area contributed by atoms with Gasteiger partial charge in [-0.25, -0.2) is 0 Å². The quantitative estimate of drug-likeness (QED) is 0.0458. The second-order valence-electron chi connectivity index (χ2n) is 44.5. The predicted molar refractivity (Wildman–Crippen MR) is 567 cm³/mol. The Bertz CT molecular complexity index is 6610. The standard InChI is InChI=1S/C31H42N4O4.C29H38N4O5.C29H38N4O4.C27H34N4O4/c1-5-26(37)25-15-31-16-27(31)35(25)28(38)18-34-30-23(17-32-11-7-6-8-12-39-19-31)13-22(10-9-20(2)3)14-24(30)29(33-34)21(4)36;1-5-24(35)23-13-29-14-25(29)33(23)26(36)16-32-28-20(15-30-9-7-6-8-10-37-17-29)11-21(38-18(2)3)12-22(28)27(31-32)19(4)34;1-5-24(35)23-13-29-14-25(29)33(23)26(36)16-32-28-21(15-30-9-7-6-8-10-37-17-29)11-20(18(2)3)12-22(28)27(31-32)19(4)34;1-4-22(33)21-12-27-13-23(27)31(21)24(34)15-30-26-19(14-28-8-6-5-7-9-35-16-27)10-17(2)11-20(26)25(29-30)18(3)32/h6,8,13-14,20,25,27,32H,5,7,9-12,15-19H2,1-4H3;6,8,11-12,18,23,25,30H,5,7,9-10,13-17H2,1-4H3;6,8,11-12,18,23,25,30H,5,7,9-10,13-17H2,1-4H3;5,7,10-11,21,23,28H,4,6,8-9,12-16H2,1-3H3/b3*8-6-;7-5-/t25-,27+,31-;2*23-,25+,29-;21-,23+,27-/m0000/s1. The van der Waals surface area contributed by atoms with Gasteiger partial charge in [0, 0.05) is 147 Å². The van der Waals surface area contributed by atoms with Crippen molar-refractivity contribution in [1.82, 2.24) is 80.0 Å². The first-order chi connectivity index (χ1) is 71.6. The molecule has 4 saturated heterocycles. The van der Waals surface area contributed by atoms with Crippen molar-refractivity contribution >= 4 is 114 Å². The molecule has 12 heterocycles. The van der Waals surface area contributed by atoms with Crippen LogP contribution in [0.3, 0.4) is 0 Å². The Labute approximate surface area is 873 Å². The number of amides is 4. The van der Waals surface area contributed by atoms with Crippen molar-refractivity contribution < 1.29 is 81.2 Å². The fraction of sp³-hybridized carbons (Fsp3) is 0.586. The van der Waals surface area contributed by atoms with Crippen molar-refractivity contribution in [2.24, 2.45) is 27.6 Å². The van der Waals surface area contributed by atoms with Crippen LogP contribution in [0.15, 0.2) is 97.1 Å². The summed E-state index contributed by atoms with van der Waals surface area (Å²) >= 11 is 0. The summed E-state index contributed by atoms with van der Waals surface area (Å²) in [6.07, 6.45) is 29.7. The van der Waals surface area contributed by atoms with E-state index in [2.05, 4.69) is 119 Å². The fourth-order valence-electron chi connectivity index (χ4n) is 24.5. The lowest BCUT2D eigenvalue weighted by molar-refractivity contribution is -0.139. The highest BCUT2D eigenvalue weighted by atomic mass is 16.5. The van der Waals surface area contributed by atoms with E-state index in [1.165, 1.54) is 33.3 Å². The molecule has 0 unspecified atom stereocenters. The number of Topliss-reactive ketones (excluding diaryl/α,β-unsaturated/α-hetero) is 8. The van der Waals surface area contributed by atoms with Gasteiger partial charge in [-0.1, -0.05) is 122 Å². The summed E-state index contributed by atoms with van der Waals surface area (Å²) in [4.78, 5) is 165. The van der Waals surface area contributed by atoms with Crippen molar-refractivity contribution in [1.29, 1.82) is 0 Å². The molecule has 4 aliphatic carbocycles. The molecule has 8 bridgehead atoms. The number of ketones is 8. The van der Waals surface area contributed by atoms with E-state index in [4.69, 9.17) is 28.8 Å². The van der Waals surface area contributed by atoms with Gasteiger partial charge in [-0.15, -0.1) is 0 Å². The number of ether oxygens (including phenoxy) is 5. The number of hydrogen-bond acceptors (Lipinski definition) is 25. The Kier molecular flexibility index (Phi) is 33.8. The Hall–Kier alpha value is -11.6. The minimum absolute atomic E-state index is 0.000290. The number of benzene rings is 4. The van der Waals surface area contributed by atoms with E-state index in [-0.39, 0.29) is 154 Å². The van der Waals surface area contributed by atoms with E-state index < -0.39 is 24.2 Å². The molecule has 798 valence electrons. The zero-order valence-electron chi connectivity index (χ0n) is 89.8. The van der Waals surface area contributed by atoms with E-state index in [9.17, 15) is 57.5 Å². The van der Waals surface area contributed by atoms with Gasteiger partial charge in [0.1, 0.15) is 54.7 Å². The second kappa shape index (κ2) is 46.3. The lowest BCUT2D eigenvalue weighted by Gasteiger charge is -2.26. The molecule has 149 heavy (non-hydrogen) atoms. The Morgan fingerprint density at radius 3 is 0.973 bits per heavy atom. The van der Waals surface area contributed by atoms with Crippen molar-refractivity contribution in [2.75, 3.05) is 79.0 Å². The Balaban J connectivity index is 0.000000135. The number of nitrogens with zero attached hydrogens (tertiary/aromatic N) is 12. The Morgan fingerprint density at radius 1 is 0.376 bits per heavy atom. The number of hydrogen-bond donors (Lipinski definition) is 4. The topological polar surface area (TPSA) is 383 Å². The first-order valence-electron chi connectivity index (χ1n) is 54.5. The maximum Gasteiger partial charge on any atom is 0.245 e. The van der Waals surface area contributed by atoms with Gasteiger partial charge in [-0.2, -0.15) is 20.4 Å². The molecule has 4 amide bonds. The number of nitrogens with one attached hydrogen (secondary N) is 4. The zero-order chi connectivity index (χ0) is 106. The third-order valence-electron chi connectivity index (χ3n) is 32.4. The van der Waals surface area contributed by atoms with E-state index in [1.54, 1.807) is 28.5 Å². The summed E-state index contributed by atoms with van der Waals surface area (Å²) in [6, 6.07) is 14.7. The van der Waals surface area contributed by atoms with E-state index >= 15 is 0 Å². The lowest BCUT2D eigenvalue weighted by atomic mass is 9.96. The number of aryl methyl sites for hydroxylation is 2. The molecule has 12 aliphatic rings. The van der Waals surface area contributed by atoms with Crippen molar-refractivity contribution in [3.8, 4) is 5.75 Å². The van der Waals surface area contributed by atoms with Crippen LogP contribution in [0.4, 0.5) is 0 Å². The van der Waals surface area contributed by atoms with Crippen LogP contribution in [-0.4, -0.2) is 262 Å². The monoisotopic (exact) mass is 2040 g/mol. The van der Waals surface area contributed by atoms with Gasteiger partial charge in [-0.3, -0.25) is 76.3 Å². The average Bonchev–Trinajstić information content (AvgIpc) is 1.54. The molecular formula is C116H152N16O17. The van der Waals surface area contributed by atoms with Gasteiger partial charge in [0.25, 0.3) is 0 Å². The average molecular weight is 2040 g/mol. The number of piperidine rings is 4. The van der Waals surface area contributed by atoms with E-state index in [1.807, 2.05) is 101 Å². The summed E-state index contributed by atoms with van der Waals surface area (Å²) in [5.41, 5.74) is 11.5. The van der Waals surface area contributed by atoms with Crippen molar-refractivity contribution in [3.63, 3.8) is 0 Å².